The van der Waals surface area contributed by atoms with Crippen molar-refractivity contribution in [2.24, 2.45) is 0 Å². The van der Waals surface area contributed by atoms with Gasteiger partial charge in [0.2, 0.25) is 11.8 Å². The molecule has 2 aromatic rings. The summed E-state index contributed by atoms with van der Waals surface area (Å²) in [6.45, 7) is 3.77. The molecule has 0 aromatic heterocycles. The summed E-state index contributed by atoms with van der Waals surface area (Å²) < 4.78 is 13.9. The third-order valence-electron chi connectivity index (χ3n) is 3.98. The Bertz CT molecular complexity index is 794. The zero-order valence-corrected chi connectivity index (χ0v) is 17.0. The van der Waals surface area contributed by atoms with E-state index in [2.05, 4.69) is 5.32 Å². The lowest BCUT2D eigenvalue weighted by Crippen LogP contribution is -2.34. The van der Waals surface area contributed by atoms with Gasteiger partial charge in [-0.15, -0.1) is 11.8 Å². The number of hydrogen-bond donors (Lipinski definition) is 1. The van der Waals surface area contributed by atoms with Gasteiger partial charge in [-0.25, -0.2) is 4.39 Å². The number of halogens is 2. The highest BCUT2D eigenvalue weighted by Gasteiger charge is 2.21. The first kappa shape index (κ1) is 21.3. The second-order valence-electron chi connectivity index (χ2n) is 6.26. The van der Waals surface area contributed by atoms with Gasteiger partial charge >= 0.3 is 0 Å². The van der Waals surface area contributed by atoms with Crippen molar-refractivity contribution in [1.82, 2.24) is 4.90 Å². The highest BCUT2D eigenvalue weighted by Crippen LogP contribution is 2.22. The molecule has 4 nitrogen and oxygen atoms in total. The van der Waals surface area contributed by atoms with E-state index in [-0.39, 0.29) is 34.7 Å². The molecule has 1 unspecified atom stereocenters. The molecule has 0 aliphatic heterocycles. The molecule has 27 heavy (non-hydrogen) atoms. The maximum absolute atomic E-state index is 13.9. The van der Waals surface area contributed by atoms with Gasteiger partial charge in [0.25, 0.3) is 0 Å². The number of anilines is 1. The molecular weight excluding hydrogens is 387 g/mol. The van der Waals surface area contributed by atoms with Crippen LogP contribution in [-0.4, -0.2) is 34.8 Å². The van der Waals surface area contributed by atoms with Crippen molar-refractivity contribution in [3.05, 3.63) is 64.4 Å². The fraction of sp³-hybridized carbons (Fsp3) is 0.300. The zero-order valence-electron chi connectivity index (χ0n) is 15.5. The molecular formula is C20H22ClFN2O2S. The van der Waals surface area contributed by atoms with Crippen LogP contribution in [0, 0.1) is 12.7 Å². The Morgan fingerprint density at radius 1 is 1.22 bits per heavy atom. The molecule has 1 N–H and O–H groups in total. The van der Waals surface area contributed by atoms with Crippen LogP contribution in [0.5, 0.6) is 0 Å². The molecule has 2 amide bonds. The second-order valence-corrected chi connectivity index (χ2v) is 8.00. The molecule has 0 spiro atoms. The topological polar surface area (TPSA) is 49.4 Å². The van der Waals surface area contributed by atoms with Gasteiger partial charge in [0.15, 0.2) is 0 Å². The number of carbonyl (C=O) groups excluding carboxylic acids is 2. The number of amides is 2. The van der Waals surface area contributed by atoms with E-state index in [9.17, 15) is 14.0 Å². The Hall–Kier alpha value is -2.05. The number of aryl methyl sites for hydroxylation is 1. The maximum Gasteiger partial charge on any atom is 0.235 e. The minimum Gasteiger partial charge on any atom is -0.340 e. The molecule has 0 heterocycles. The monoisotopic (exact) mass is 408 g/mol. The Morgan fingerprint density at radius 2 is 1.89 bits per heavy atom. The first-order valence-electron chi connectivity index (χ1n) is 8.44. The normalized spacial score (nSPS) is 11.7. The number of hydrogen-bond acceptors (Lipinski definition) is 3. The van der Waals surface area contributed by atoms with Crippen molar-refractivity contribution in [2.75, 3.05) is 18.1 Å². The minimum atomic E-state index is -0.445. The van der Waals surface area contributed by atoms with Crippen LogP contribution in [0.1, 0.15) is 18.1 Å². The number of thioether (sulfide) groups is 1. The van der Waals surface area contributed by atoms with Gasteiger partial charge in [-0.2, -0.15) is 0 Å². The van der Waals surface area contributed by atoms with E-state index in [1.807, 2.05) is 31.2 Å². The van der Waals surface area contributed by atoms with E-state index < -0.39 is 11.1 Å². The SMILES string of the molecule is Cc1ccc(NC(=O)CSC(C)C(=O)N(C)Cc2c(F)cccc2Cl)cc1. The van der Waals surface area contributed by atoms with Crippen molar-refractivity contribution in [3.63, 3.8) is 0 Å². The van der Waals surface area contributed by atoms with Gasteiger partial charge in [0.1, 0.15) is 5.82 Å². The first-order valence-corrected chi connectivity index (χ1v) is 9.86. The van der Waals surface area contributed by atoms with Crippen molar-refractivity contribution in [2.45, 2.75) is 25.6 Å². The molecule has 2 aromatic carbocycles. The molecule has 7 heteroatoms. The summed E-state index contributed by atoms with van der Waals surface area (Å²) in [7, 11) is 1.59. The highest BCUT2D eigenvalue weighted by molar-refractivity contribution is 8.01. The maximum atomic E-state index is 13.9. The summed E-state index contributed by atoms with van der Waals surface area (Å²) in [4.78, 5) is 26.0. The molecule has 0 aliphatic carbocycles. The summed E-state index contributed by atoms with van der Waals surface area (Å²) in [5.41, 5.74) is 2.11. The molecule has 0 fully saturated rings. The average molecular weight is 409 g/mol. The number of carbonyl (C=O) groups is 2. The lowest BCUT2D eigenvalue weighted by Gasteiger charge is -2.22. The van der Waals surface area contributed by atoms with Crippen LogP contribution < -0.4 is 5.32 Å². The van der Waals surface area contributed by atoms with Gasteiger partial charge < -0.3 is 10.2 Å². The van der Waals surface area contributed by atoms with Gasteiger partial charge in [0, 0.05) is 29.9 Å². The third-order valence-corrected chi connectivity index (χ3v) is 5.47. The Labute approximate surface area is 168 Å². The van der Waals surface area contributed by atoms with Crippen LogP contribution in [0.3, 0.4) is 0 Å². The van der Waals surface area contributed by atoms with Crippen LogP contribution in [-0.2, 0) is 16.1 Å². The molecule has 0 saturated carbocycles. The Balaban J connectivity index is 1.85. The van der Waals surface area contributed by atoms with Crippen molar-refractivity contribution < 1.29 is 14.0 Å². The fourth-order valence-electron chi connectivity index (χ4n) is 2.41. The lowest BCUT2D eigenvalue weighted by molar-refractivity contribution is -0.129. The summed E-state index contributed by atoms with van der Waals surface area (Å²) in [6, 6.07) is 11.9. The largest absolute Gasteiger partial charge is 0.340 e. The van der Waals surface area contributed by atoms with Crippen LogP contribution in [0.2, 0.25) is 5.02 Å². The van der Waals surface area contributed by atoms with Gasteiger partial charge in [-0.05, 0) is 38.1 Å². The molecule has 0 radical (unpaired) electrons. The summed E-state index contributed by atoms with van der Waals surface area (Å²) in [6.07, 6.45) is 0. The van der Waals surface area contributed by atoms with Crippen LogP contribution in [0.25, 0.3) is 0 Å². The van der Waals surface area contributed by atoms with Gasteiger partial charge in [0.05, 0.1) is 11.0 Å². The fourth-order valence-corrected chi connectivity index (χ4v) is 3.43. The van der Waals surface area contributed by atoms with Crippen LogP contribution in [0.15, 0.2) is 42.5 Å². The first-order chi connectivity index (χ1) is 12.8. The van der Waals surface area contributed by atoms with Crippen molar-refractivity contribution in [3.8, 4) is 0 Å². The quantitative estimate of drug-likeness (QED) is 0.733. The van der Waals surface area contributed by atoms with E-state index in [4.69, 9.17) is 11.6 Å². The molecule has 1 atom stereocenters. The summed E-state index contributed by atoms with van der Waals surface area (Å²) >= 11 is 7.24. The van der Waals surface area contributed by atoms with Crippen LogP contribution in [0.4, 0.5) is 10.1 Å². The van der Waals surface area contributed by atoms with Gasteiger partial charge in [-0.1, -0.05) is 35.4 Å². The lowest BCUT2D eigenvalue weighted by atomic mass is 10.2. The van der Waals surface area contributed by atoms with E-state index in [1.54, 1.807) is 20.0 Å². The Kier molecular flexibility index (Phi) is 7.68. The van der Waals surface area contributed by atoms with E-state index >= 15 is 0 Å². The minimum absolute atomic E-state index is 0.0742. The molecule has 0 bridgehead atoms. The molecule has 144 valence electrons. The summed E-state index contributed by atoms with van der Waals surface area (Å²) in [5, 5.41) is 2.64. The van der Waals surface area contributed by atoms with Crippen molar-refractivity contribution in [1.29, 1.82) is 0 Å². The third kappa shape index (κ3) is 6.26. The van der Waals surface area contributed by atoms with E-state index in [0.29, 0.717) is 0 Å². The summed E-state index contributed by atoms with van der Waals surface area (Å²) in [5.74, 6) is -0.666. The molecule has 2 rings (SSSR count). The predicted octanol–water partition coefficient (Wildman–Crippen LogP) is 4.51. The number of rotatable bonds is 7. The second kappa shape index (κ2) is 9.76. The standard InChI is InChI=1S/C20H22ClFN2O2S/c1-13-7-9-15(10-8-13)23-19(25)12-27-14(2)20(26)24(3)11-16-17(21)5-4-6-18(16)22/h4-10,14H,11-12H2,1-3H3,(H,23,25). The average Bonchev–Trinajstić information content (AvgIpc) is 2.64. The van der Waals surface area contributed by atoms with Crippen LogP contribution >= 0.6 is 23.4 Å². The smallest absolute Gasteiger partial charge is 0.235 e. The van der Waals surface area contributed by atoms with Gasteiger partial charge in [-0.3, -0.25) is 9.59 Å². The van der Waals surface area contributed by atoms with E-state index in [1.165, 1.54) is 28.8 Å². The molecule has 0 saturated heterocycles. The number of nitrogens with zero attached hydrogens (tertiary/aromatic N) is 1. The Morgan fingerprint density at radius 3 is 2.52 bits per heavy atom. The molecule has 0 aliphatic rings. The number of nitrogens with one attached hydrogen (secondary N) is 1. The number of benzene rings is 2. The predicted molar refractivity (Wildman–Crippen MR) is 110 cm³/mol. The van der Waals surface area contributed by atoms with Crippen molar-refractivity contribution >= 4 is 40.9 Å². The van der Waals surface area contributed by atoms with E-state index in [0.717, 1.165) is 11.3 Å². The zero-order chi connectivity index (χ0) is 20.0. The highest BCUT2D eigenvalue weighted by atomic mass is 35.5.